The van der Waals surface area contributed by atoms with Crippen LogP contribution in [0.4, 0.5) is 4.79 Å². The highest BCUT2D eigenvalue weighted by atomic mass is 79.9. The second-order valence-corrected chi connectivity index (χ2v) is 9.69. The zero-order valence-electron chi connectivity index (χ0n) is 17.6. The number of rotatable bonds is 4. The van der Waals surface area contributed by atoms with Crippen molar-refractivity contribution < 1.29 is 23.8 Å². The molecule has 8 heteroatoms. The number of hydrogen-bond acceptors (Lipinski definition) is 5. The van der Waals surface area contributed by atoms with Crippen molar-refractivity contribution in [1.29, 1.82) is 0 Å². The minimum atomic E-state index is -0.720. The van der Waals surface area contributed by atoms with Crippen LogP contribution in [0.15, 0.2) is 51.4 Å². The number of nitrogens with one attached hydrogen (secondary N) is 1. The molecule has 0 heterocycles. The normalized spacial score (nSPS) is 17.5. The van der Waals surface area contributed by atoms with Crippen LogP contribution in [0.1, 0.15) is 48.3 Å². The van der Waals surface area contributed by atoms with Gasteiger partial charge in [0.05, 0.1) is 18.7 Å². The molecule has 2 aromatic rings. The Labute approximate surface area is 198 Å². The summed E-state index contributed by atoms with van der Waals surface area (Å²) in [5.74, 6) is 0.135. The molecular formula is C23H23Br2NO5. The Balaban J connectivity index is 1.88. The molecule has 0 radical (unpaired) electrons. The van der Waals surface area contributed by atoms with Crippen LogP contribution >= 0.6 is 31.9 Å². The molecule has 1 aliphatic rings. The first kappa shape index (κ1) is 23.3. The van der Waals surface area contributed by atoms with Gasteiger partial charge in [-0.15, -0.1) is 0 Å². The minimum Gasteiger partial charge on any atom is -0.497 e. The van der Waals surface area contributed by atoms with Gasteiger partial charge in [0.1, 0.15) is 17.5 Å². The fourth-order valence-corrected chi connectivity index (χ4v) is 3.82. The van der Waals surface area contributed by atoms with E-state index in [0.29, 0.717) is 11.3 Å². The first-order chi connectivity index (χ1) is 14.6. The quantitative estimate of drug-likeness (QED) is 0.468. The Morgan fingerprint density at radius 2 is 1.68 bits per heavy atom. The summed E-state index contributed by atoms with van der Waals surface area (Å²) in [5.41, 5.74) is 1.42. The summed E-state index contributed by atoms with van der Waals surface area (Å²) in [4.78, 5) is 25.3. The van der Waals surface area contributed by atoms with Crippen LogP contribution in [0.5, 0.6) is 5.75 Å². The molecular weight excluding hydrogens is 530 g/mol. The number of halogens is 2. The number of ether oxygens (including phenoxy) is 3. The van der Waals surface area contributed by atoms with E-state index in [0.717, 1.165) is 20.1 Å². The van der Waals surface area contributed by atoms with Gasteiger partial charge in [-0.2, -0.15) is 0 Å². The number of methoxy groups -OCH3 is 1. The highest BCUT2D eigenvalue weighted by molar-refractivity contribution is 9.13. The monoisotopic (exact) mass is 551 g/mol. The van der Waals surface area contributed by atoms with E-state index in [4.69, 9.17) is 14.2 Å². The summed E-state index contributed by atoms with van der Waals surface area (Å²) in [6.07, 6.45) is 2.31. The van der Waals surface area contributed by atoms with Gasteiger partial charge in [-0.3, -0.25) is 0 Å². The van der Waals surface area contributed by atoms with Crippen LogP contribution in [0.25, 0.3) is 6.08 Å². The molecule has 31 heavy (non-hydrogen) atoms. The minimum absolute atomic E-state index is 0.382. The van der Waals surface area contributed by atoms with Crippen LogP contribution in [0, 0.1) is 0 Å². The Morgan fingerprint density at radius 1 is 1.03 bits per heavy atom. The second kappa shape index (κ2) is 9.44. The van der Waals surface area contributed by atoms with Crippen LogP contribution in [0.3, 0.4) is 0 Å². The van der Waals surface area contributed by atoms with Crippen molar-refractivity contribution in [2.45, 2.75) is 38.5 Å². The van der Waals surface area contributed by atoms with Gasteiger partial charge in [0.25, 0.3) is 0 Å². The highest BCUT2D eigenvalue weighted by Crippen LogP contribution is 2.36. The van der Waals surface area contributed by atoms with Crippen molar-refractivity contribution in [2.75, 3.05) is 7.11 Å². The number of hydrogen-bond donors (Lipinski definition) is 1. The summed E-state index contributed by atoms with van der Waals surface area (Å²) in [7, 11) is 1.56. The summed E-state index contributed by atoms with van der Waals surface area (Å²) in [6, 6.07) is 9.83. The Bertz CT molecular complexity index is 1010. The molecule has 2 aromatic carbocycles. The maximum absolute atomic E-state index is 12.7. The lowest BCUT2D eigenvalue weighted by Crippen LogP contribution is -2.41. The van der Waals surface area contributed by atoms with Gasteiger partial charge in [0.2, 0.25) is 0 Å². The lowest BCUT2D eigenvalue weighted by atomic mass is 9.90. The molecule has 6 nitrogen and oxygen atoms in total. The fraction of sp³-hybridized carbons (Fsp3) is 0.304. The van der Waals surface area contributed by atoms with E-state index in [1.165, 1.54) is 0 Å². The molecule has 164 valence electrons. The Hall–Kier alpha value is -2.32. The van der Waals surface area contributed by atoms with Gasteiger partial charge in [0.15, 0.2) is 0 Å². The molecule has 0 bridgehead atoms. The second-order valence-electron chi connectivity index (χ2n) is 7.98. The van der Waals surface area contributed by atoms with Crippen molar-refractivity contribution in [3.63, 3.8) is 0 Å². The molecule has 1 aliphatic carbocycles. The third-order valence-corrected chi connectivity index (χ3v) is 6.34. The molecule has 0 unspecified atom stereocenters. The number of amides is 1. The van der Waals surface area contributed by atoms with Crippen molar-refractivity contribution in [1.82, 2.24) is 5.32 Å². The summed E-state index contributed by atoms with van der Waals surface area (Å²) < 4.78 is 18.0. The zero-order chi connectivity index (χ0) is 22.8. The third-order valence-electron chi connectivity index (χ3n) is 4.50. The van der Waals surface area contributed by atoms with Crippen molar-refractivity contribution in [2.24, 2.45) is 0 Å². The van der Waals surface area contributed by atoms with E-state index in [1.54, 1.807) is 58.2 Å². The van der Waals surface area contributed by atoms with Gasteiger partial charge in [-0.25, -0.2) is 9.59 Å². The molecule has 0 saturated heterocycles. The maximum atomic E-state index is 12.7. The molecule has 0 aromatic heterocycles. The summed E-state index contributed by atoms with van der Waals surface area (Å²) in [6.45, 7) is 5.36. The molecule has 0 fully saturated rings. The van der Waals surface area contributed by atoms with Gasteiger partial charge < -0.3 is 19.5 Å². The number of esters is 1. The standard InChI is InChI=1S/C23H23Br2NO5/c1-23(2,3)31-22(28)26-20-16-12-18(25)17(24)11-14(16)7-10-19(20)30-21(27)13-5-8-15(29-4)9-6-13/h5-12,19-20H,1-4H3,(H,26,28)/t19-,20+/m1/s1. The first-order valence-corrected chi connectivity index (χ1v) is 11.2. The van der Waals surface area contributed by atoms with Crippen molar-refractivity contribution in [3.8, 4) is 5.75 Å². The van der Waals surface area contributed by atoms with Gasteiger partial charge in [-0.1, -0.05) is 6.08 Å². The van der Waals surface area contributed by atoms with E-state index in [-0.39, 0.29) is 0 Å². The molecule has 0 spiro atoms. The lowest BCUT2D eigenvalue weighted by Gasteiger charge is -2.31. The molecule has 0 aliphatic heterocycles. The van der Waals surface area contributed by atoms with E-state index >= 15 is 0 Å². The van der Waals surface area contributed by atoms with Crippen LogP contribution in [-0.2, 0) is 9.47 Å². The number of alkyl carbamates (subject to hydrolysis) is 1. The van der Waals surface area contributed by atoms with E-state index in [1.807, 2.05) is 18.2 Å². The number of benzene rings is 2. The molecule has 1 amide bonds. The average molecular weight is 553 g/mol. The number of carbonyl (C=O) groups is 2. The summed E-state index contributed by atoms with van der Waals surface area (Å²) >= 11 is 7.00. The third kappa shape index (κ3) is 5.89. The Kier molecular flexibility index (Phi) is 7.11. The summed E-state index contributed by atoms with van der Waals surface area (Å²) in [5, 5.41) is 2.86. The molecule has 2 atom stereocenters. The average Bonchev–Trinajstić information content (AvgIpc) is 2.69. The van der Waals surface area contributed by atoms with Crippen molar-refractivity contribution >= 4 is 50.0 Å². The highest BCUT2D eigenvalue weighted by Gasteiger charge is 2.33. The Morgan fingerprint density at radius 3 is 2.29 bits per heavy atom. The van der Waals surface area contributed by atoms with Gasteiger partial charge >= 0.3 is 12.1 Å². The SMILES string of the molecule is COc1ccc(C(=O)O[C@@H]2C=Cc3cc(Br)c(Br)cc3[C@@H]2NC(=O)OC(C)(C)C)cc1. The first-order valence-electron chi connectivity index (χ1n) is 9.59. The maximum Gasteiger partial charge on any atom is 0.408 e. The molecule has 1 N–H and O–H groups in total. The van der Waals surface area contributed by atoms with Crippen LogP contribution in [0.2, 0.25) is 0 Å². The smallest absolute Gasteiger partial charge is 0.408 e. The lowest BCUT2D eigenvalue weighted by molar-refractivity contribution is 0.0241. The van der Waals surface area contributed by atoms with E-state index in [2.05, 4.69) is 37.2 Å². The number of carbonyl (C=O) groups excluding carboxylic acids is 2. The zero-order valence-corrected chi connectivity index (χ0v) is 20.7. The predicted octanol–water partition coefficient (Wildman–Crippen LogP) is 6.04. The van der Waals surface area contributed by atoms with E-state index < -0.39 is 29.8 Å². The van der Waals surface area contributed by atoms with E-state index in [9.17, 15) is 9.59 Å². The topological polar surface area (TPSA) is 73.9 Å². The number of fused-ring (bicyclic) bond motifs is 1. The van der Waals surface area contributed by atoms with Gasteiger partial charge in [-0.05, 0) is 106 Å². The largest absolute Gasteiger partial charge is 0.497 e. The van der Waals surface area contributed by atoms with Gasteiger partial charge in [0, 0.05) is 8.95 Å². The molecule has 0 saturated carbocycles. The fourth-order valence-electron chi connectivity index (χ4n) is 3.10. The van der Waals surface area contributed by atoms with Crippen LogP contribution in [-0.4, -0.2) is 30.9 Å². The van der Waals surface area contributed by atoms with Crippen molar-refractivity contribution in [3.05, 3.63) is 68.1 Å². The molecule has 3 rings (SSSR count). The van der Waals surface area contributed by atoms with Crippen LogP contribution < -0.4 is 10.1 Å². The predicted molar refractivity (Wildman–Crippen MR) is 125 cm³/mol.